The van der Waals surface area contributed by atoms with Gasteiger partial charge in [-0.15, -0.1) is 0 Å². The highest BCUT2D eigenvalue weighted by Crippen LogP contribution is 1.90. The predicted molar refractivity (Wildman–Crippen MR) is 45.7 cm³/mol. The lowest BCUT2D eigenvalue weighted by Crippen LogP contribution is -1.80. The lowest BCUT2D eigenvalue weighted by molar-refractivity contribution is 1.01. The van der Waals surface area contributed by atoms with E-state index in [0.717, 1.165) is 12.8 Å². The maximum atomic E-state index is 3.97. The number of hydrogen-bond donors (Lipinski definition) is 0. The van der Waals surface area contributed by atoms with Gasteiger partial charge in [-0.05, 0) is 22.4 Å². The quantitative estimate of drug-likeness (QED) is 0.363. The Kier molecular flexibility index (Phi) is 5.83. The van der Waals surface area contributed by atoms with Crippen molar-refractivity contribution in [3.63, 3.8) is 0 Å². The number of amidine groups is 1. The number of hydrogen-bond acceptors (Lipinski definition) is 1. The van der Waals surface area contributed by atoms with E-state index in [4.69, 9.17) is 0 Å². The summed E-state index contributed by atoms with van der Waals surface area (Å²) in [6.45, 7) is 2.11. The molecule has 3 heteroatoms. The summed E-state index contributed by atoms with van der Waals surface area (Å²) in [6, 6.07) is 0. The van der Waals surface area contributed by atoms with Crippen LogP contribution in [0.2, 0.25) is 0 Å². The zero-order valence-electron chi connectivity index (χ0n) is 5.76. The molecule has 9 heavy (non-hydrogen) atoms. The molecule has 0 heterocycles. The van der Waals surface area contributed by atoms with Gasteiger partial charge in [0.15, 0.2) is 4.74 Å². The van der Waals surface area contributed by atoms with Crippen molar-refractivity contribution in [2.24, 2.45) is 9.98 Å². The van der Waals surface area contributed by atoms with E-state index in [0.29, 0.717) is 4.74 Å². The van der Waals surface area contributed by atoms with Gasteiger partial charge in [0.1, 0.15) is 0 Å². The molecule has 0 unspecified atom stereocenters. The Morgan fingerprint density at radius 1 is 1.67 bits per heavy atom. The molecule has 0 bridgehead atoms. The van der Waals surface area contributed by atoms with E-state index in [9.17, 15) is 0 Å². The lowest BCUT2D eigenvalue weighted by Gasteiger charge is -1.83. The maximum absolute atomic E-state index is 3.97. The van der Waals surface area contributed by atoms with Crippen molar-refractivity contribution in [3.05, 3.63) is 0 Å². The fourth-order valence-corrected chi connectivity index (χ4v) is 0.471. The molecule has 0 atom stereocenters. The molecule has 0 spiro atoms. The van der Waals surface area contributed by atoms with Gasteiger partial charge in [-0.2, -0.15) is 0 Å². The molecule has 0 amide bonds. The predicted octanol–water partition coefficient (Wildman–Crippen LogP) is 2.24. The summed E-state index contributed by atoms with van der Waals surface area (Å²) in [7, 11) is 1.70. The molecule has 0 aliphatic rings. The molecule has 0 aromatic carbocycles. The maximum Gasteiger partial charge on any atom is 0.191 e. The molecule has 0 radical (unpaired) electrons. The van der Waals surface area contributed by atoms with E-state index < -0.39 is 0 Å². The smallest absolute Gasteiger partial charge is 0.191 e. The Hall–Kier alpha value is -0.180. The summed E-state index contributed by atoms with van der Waals surface area (Å²) < 4.78 is 0.663. The van der Waals surface area contributed by atoms with Crippen molar-refractivity contribution >= 4 is 26.9 Å². The van der Waals surface area contributed by atoms with Crippen LogP contribution >= 0.6 is 15.9 Å². The van der Waals surface area contributed by atoms with Gasteiger partial charge in [0.25, 0.3) is 0 Å². The summed E-state index contributed by atoms with van der Waals surface area (Å²) in [5.41, 5.74) is 0. The number of rotatable bonds is 2. The normalized spacial score (nSPS) is 13.0. The Morgan fingerprint density at radius 2 is 2.33 bits per heavy atom. The molecular weight excluding hydrogens is 180 g/mol. The van der Waals surface area contributed by atoms with E-state index in [2.05, 4.69) is 32.8 Å². The second kappa shape index (κ2) is 5.95. The molecular formula is C6H11BrN2. The number of aliphatic imine (C=N–C) groups is 2. The number of nitrogens with zero attached hydrogens (tertiary/aromatic N) is 2. The summed E-state index contributed by atoms with van der Waals surface area (Å²) in [5.74, 6) is 0. The van der Waals surface area contributed by atoms with Gasteiger partial charge in [-0.1, -0.05) is 13.3 Å². The number of halogens is 1. The first kappa shape index (κ1) is 8.82. The highest BCUT2D eigenvalue weighted by Gasteiger charge is 1.79. The lowest BCUT2D eigenvalue weighted by atomic mass is 10.4. The van der Waals surface area contributed by atoms with Gasteiger partial charge in [0, 0.05) is 13.3 Å². The third-order valence-electron chi connectivity index (χ3n) is 0.800. The summed E-state index contributed by atoms with van der Waals surface area (Å²) in [4.78, 5) is 7.77. The Labute approximate surface area is 64.2 Å². The molecule has 0 aliphatic carbocycles. The summed E-state index contributed by atoms with van der Waals surface area (Å²) in [5, 5.41) is 0. The van der Waals surface area contributed by atoms with Crippen molar-refractivity contribution in [1.29, 1.82) is 0 Å². The SMILES string of the molecule is CCC/C=N\C(Br)=N/C. The van der Waals surface area contributed by atoms with Crippen LogP contribution in [0.25, 0.3) is 0 Å². The molecule has 2 nitrogen and oxygen atoms in total. The van der Waals surface area contributed by atoms with Crippen LogP contribution in [0.15, 0.2) is 9.98 Å². The van der Waals surface area contributed by atoms with Crippen molar-refractivity contribution < 1.29 is 0 Å². The minimum atomic E-state index is 0.663. The Morgan fingerprint density at radius 3 is 2.78 bits per heavy atom. The van der Waals surface area contributed by atoms with E-state index in [1.807, 2.05) is 6.21 Å². The third-order valence-corrected chi connectivity index (χ3v) is 1.36. The first-order valence-corrected chi connectivity index (χ1v) is 3.75. The first-order valence-electron chi connectivity index (χ1n) is 2.96. The van der Waals surface area contributed by atoms with Crippen molar-refractivity contribution in [1.82, 2.24) is 0 Å². The van der Waals surface area contributed by atoms with Gasteiger partial charge >= 0.3 is 0 Å². The van der Waals surface area contributed by atoms with Gasteiger partial charge in [0.05, 0.1) is 0 Å². The summed E-state index contributed by atoms with van der Waals surface area (Å²) in [6.07, 6.45) is 4.01. The number of unbranched alkanes of at least 4 members (excludes halogenated alkanes) is 1. The second-order valence-electron chi connectivity index (χ2n) is 1.59. The van der Waals surface area contributed by atoms with Crippen LogP contribution in [-0.4, -0.2) is 18.0 Å². The molecule has 52 valence electrons. The van der Waals surface area contributed by atoms with Gasteiger partial charge in [-0.25, -0.2) is 4.99 Å². The molecule has 0 saturated carbocycles. The molecule has 0 aromatic heterocycles. The monoisotopic (exact) mass is 190 g/mol. The van der Waals surface area contributed by atoms with E-state index in [1.165, 1.54) is 0 Å². The van der Waals surface area contributed by atoms with Gasteiger partial charge in [0.2, 0.25) is 0 Å². The molecule has 0 fully saturated rings. The van der Waals surface area contributed by atoms with Crippen LogP contribution in [0, 0.1) is 0 Å². The summed E-state index contributed by atoms with van der Waals surface area (Å²) >= 11 is 3.16. The molecule has 0 N–H and O–H groups in total. The zero-order chi connectivity index (χ0) is 7.11. The van der Waals surface area contributed by atoms with Gasteiger partial charge in [-0.3, -0.25) is 4.99 Å². The molecule has 0 aromatic rings. The van der Waals surface area contributed by atoms with Crippen molar-refractivity contribution in [2.45, 2.75) is 19.8 Å². The average molecular weight is 191 g/mol. The van der Waals surface area contributed by atoms with E-state index in [-0.39, 0.29) is 0 Å². The van der Waals surface area contributed by atoms with Crippen LogP contribution in [-0.2, 0) is 0 Å². The highest BCUT2D eigenvalue weighted by molar-refractivity contribution is 9.18. The Bertz CT molecular complexity index is 118. The fraction of sp³-hybridized carbons (Fsp3) is 0.667. The second-order valence-corrected chi connectivity index (χ2v) is 2.30. The minimum absolute atomic E-state index is 0.663. The standard InChI is InChI=1S/C6H11BrN2/c1-3-4-5-9-6(7)8-2/h5H,3-4H2,1-2H3/b8-6-,9-5-. The molecule has 0 saturated heterocycles. The first-order chi connectivity index (χ1) is 4.31. The topological polar surface area (TPSA) is 24.7 Å². The fourth-order valence-electron chi connectivity index (χ4n) is 0.327. The van der Waals surface area contributed by atoms with Crippen LogP contribution in [0.1, 0.15) is 19.8 Å². The van der Waals surface area contributed by atoms with Gasteiger partial charge < -0.3 is 0 Å². The van der Waals surface area contributed by atoms with Crippen LogP contribution < -0.4 is 0 Å². The van der Waals surface area contributed by atoms with E-state index in [1.54, 1.807) is 7.05 Å². The van der Waals surface area contributed by atoms with Crippen LogP contribution in [0.3, 0.4) is 0 Å². The molecule has 0 aliphatic heterocycles. The highest BCUT2D eigenvalue weighted by atomic mass is 79.9. The zero-order valence-corrected chi connectivity index (χ0v) is 7.35. The minimum Gasteiger partial charge on any atom is -0.264 e. The average Bonchev–Trinajstić information content (AvgIpc) is 1.89. The van der Waals surface area contributed by atoms with Crippen molar-refractivity contribution in [3.8, 4) is 0 Å². The van der Waals surface area contributed by atoms with Crippen LogP contribution in [0.4, 0.5) is 0 Å². The van der Waals surface area contributed by atoms with E-state index >= 15 is 0 Å². The largest absolute Gasteiger partial charge is 0.264 e. The third kappa shape index (κ3) is 5.69. The Balaban J connectivity index is 3.45. The molecule has 0 rings (SSSR count). The van der Waals surface area contributed by atoms with Crippen LogP contribution in [0.5, 0.6) is 0 Å². The van der Waals surface area contributed by atoms with Crippen molar-refractivity contribution in [2.75, 3.05) is 7.05 Å².